The Kier molecular flexibility index (Phi) is 5.76. The first kappa shape index (κ1) is 18.9. The zero-order chi connectivity index (χ0) is 19.4. The number of hydrogen-bond donors (Lipinski definition) is 2. The summed E-state index contributed by atoms with van der Waals surface area (Å²) in [7, 11) is 3.10. The van der Waals surface area contributed by atoms with Gasteiger partial charge in [-0.2, -0.15) is 0 Å². The topological polar surface area (TPSA) is 76.2 Å². The first-order valence-electron chi connectivity index (χ1n) is 8.96. The van der Waals surface area contributed by atoms with Gasteiger partial charge in [-0.15, -0.1) is 0 Å². The summed E-state index contributed by atoms with van der Waals surface area (Å²) in [5.74, 6) is 2.03. The molecule has 1 heterocycles. The van der Waals surface area contributed by atoms with E-state index in [4.69, 9.17) is 9.47 Å². The molecule has 3 aromatic rings. The van der Waals surface area contributed by atoms with Gasteiger partial charge in [0.2, 0.25) is 0 Å². The molecule has 6 heteroatoms. The van der Waals surface area contributed by atoms with E-state index in [1.165, 1.54) is 5.56 Å². The van der Waals surface area contributed by atoms with Crippen LogP contribution in [-0.4, -0.2) is 24.2 Å². The van der Waals surface area contributed by atoms with Gasteiger partial charge in [-0.05, 0) is 17.5 Å². The fourth-order valence-electron chi connectivity index (χ4n) is 3.20. The van der Waals surface area contributed by atoms with Crippen molar-refractivity contribution >= 4 is 10.9 Å². The lowest BCUT2D eigenvalue weighted by Crippen LogP contribution is -2.27. The van der Waals surface area contributed by atoms with Crippen LogP contribution < -0.4 is 20.3 Å². The minimum atomic E-state index is -0.196. The number of ether oxygens (including phenoxy) is 2. The molecule has 1 aromatic heterocycles. The molecule has 0 aliphatic heterocycles. The number of benzene rings is 2. The molecule has 3 rings (SSSR count). The van der Waals surface area contributed by atoms with Crippen molar-refractivity contribution in [3.63, 3.8) is 0 Å². The molecule has 6 nitrogen and oxygen atoms in total. The molecule has 0 radical (unpaired) electrons. The highest BCUT2D eigenvalue weighted by Crippen LogP contribution is 2.30. The van der Waals surface area contributed by atoms with Crippen molar-refractivity contribution in [3.05, 3.63) is 64.2 Å². The maximum absolute atomic E-state index is 12.5. The number of nitrogens with one attached hydrogen (secondary N) is 2. The van der Waals surface area contributed by atoms with E-state index >= 15 is 0 Å². The average Bonchev–Trinajstić information content (AvgIpc) is 2.67. The van der Waals surface area contributed by atoms with E-state index < -0.39 is 0 Å². The maximum atomic E-state index is 12.5. The largest absolute Gasteiger partial charge is 0.493 e. The summed E-state index contributed by atoms with van der Waals surface area (Å²) in [6.07, 6.45) is 0. The van der Waals surface area contributed by atoms with Gasteiger partial charge in [-0.1, -0.05) is 44.2 Å². The third-order valence-corrected chi connectivity index (χ3v) is 4.57. The third-order valence-electron chi connectivity index (χ3n) is 4.57. The van der Waals surface area contributed by atoms with Gasteiger partial charge in [0.15, 0.2) is 11.5 Å². The minimum Gasteiger partial charge on any atom is -0.493 e. The molecule has 0 saturated heterocycles. The van der Waals surface area contributed by atoms with Crippen LogP contribution in [0.4, 0.5) is 0 Å². The Hall–Kier alpha value is -2.86. The molecule has 0 spiro atoms. The highest BCUT2D eigenvalue weighted by molar-refractivity contribution is 5.81. The van der Waals surface area contributed by atoms with Gasteiger partial charge in [0, 0.05) is 12.1 Å². The lowest BCUT2D eigenvalue weighted by Gasteiger charge is -2.22. The quantitative estimate of drug-likeness (QED) is 0.669. The summed E-state index contributed by atoms with van der Waals surface area (Å²) in [4.78, 5) is 19.9. The third kappa shape index (κ3) is 4.11. The number of aromatic nitrogens is 2. The number of methoxy groups -OCH3 is 2. The summed E-state index contributed by atoms with van der Waals surface area (Å²) in [6, 6.07) is 13.8. The Morgan fingerprint density at radius 1 is 1.07 bits per heavy atom. The van der Waals surface area contributed by atoms with E-state index in [2.05, 4.69) is 41.3 Å². The number of rotatable bonds is 7. The molecule has 2 N–H and O–H groups in total. The molecule has 0 bridgehead atoms. The Morgan fingerprint density at radius 2 is 1.74 bits per heavy atom. The van der Waals surface area contributed by atoms with Gasteiger partial charge in [-0.25, -0.2) is 4.98 Å². The van der Waals surface area contributed by atoms with Gasteiger partial charge >= 0.3 is 0 Å². The maximum Gasteiger partial charge on any atom is 0.258 e. The van der Waals surface area contributed by atoms with E-state index in [-0.39, 0.29) is 11.6 Å². The van der Waals surface area contributed by atoms with Crippen molar-refractivity contribution in [2.75, 3.05) is 14.2 Å². The highest BCUT2D eigenvalue weighted by Gasteiger charge is 2.16. The molecule has 2 aromatic carbocycles. The second kappa shape index (κ2) is 8.22. The lowest BCUT2D eigenvalue weighted by atomic mass is 9.96. The zero-order valence-corrected chi connectivity index (χ0v) is 16.1. The Morgan fingerprint density at radius 3 is 2.37 bits per heavy atom. The number of fused-ring (bicyclic) bond motifs is 1. The molecule has 0 amide bonds. The first-order valence-corrected chi connectivity index (χ1v) is 8.96. The van der Waals surface area contributed by atoms with Crippen LogP contribution in [0.25, 0.3) is 10.9 Å². The van der Waals surface area contributed by atoms with Crippen LogP contribution in [0.15, 0.2) is 47.3 Å². The summed E-state index contributed by atoms with van der Waals surface area (Å²) < 4.78 is 10.6. The van der Waals surface area contributed by atoms with E-state index in [0.717, 1.165) is 0 Å². The van der Waals surface area contributed by atoms with E-state index in [1.54, 1.807) is 26.4 Å². The molecule has 27 heavy (non-hydrogen) atoms. The van der Waals surface area contributed by atoms with Crippen molar-refractivity contribution in [1.29, 1.82) is 0 Å². The molecular formula is C21H25N3O3. The van der Waals surface area contributed by atoms with Gasteiger partial charge in [0.25, 0.3) is 5.56 Å². The number of aromatic amines is 1. The highest BCUT2D eigenvalue weighted by atomic mass is 16.5. The number of H-pyrrole nitrogens is 1. The number of nitrogens with zero attached hydrogens (tertiary/aromatic N) is 1. The molecule has 0 aliphatic carbocycles. The van der Waals surface area contributed by atoms with Crippen LogP contribution in [0.1, 0.15) is 31.3 Å². The molecule has 1 atom stereocenters. The molecule has 0 unspecified atom stereocenters. The molecular weight excluding hydrogens is 342 g/mol. The second-order valence-electron chi connectivity index (χ2n) is 6.75. The monoisotopic (exact) mass is 367 g/mol. The number of hydrogen-bond acceptors (Lipinski definition) is 5. The van der Waals surface area contributed by atoms with E-state index in [1.807, 2.05) is 18.2 Å². The molecule has 0 fully saturated rings. The smallest absolute Gasteiger partial charge is 0.258 e. The van der Waals surface area contributed by atoms with Crippen molar-refractivity contribution in [1.82, 2.24) is 15.3 Å². The van der Waals surface area contributed by atoms with Crippen LogP contribution in [0.2, 0.25) is 0 Å². The summed E-state index contributed by atoms with van der Waals surface area (Å²) in [5, 5.41) is 3.98. The molecule has 142 valence electrons. The van der Waals surface area contributed by atoms with Crippen molar-refractivity contribution in [3.8, 4) is 11.5 Å². The minimum absolute atomic E-state index is 0.164. The summed E-state index contributed by atoms with van der Waals surface area (Å²) in [5.41, 5.74) is 1.59. The predicted molar refractivity (Wildman–Crippen MR) is 106 cm³/mol. The summed E-state index contributed by atoms with van der Waals surface area (Å²) >= 11 is 0. The summed E-state index contributed by atoms with van der Waals surface area (Å²) in [6.45, 7) is 4.79. The van der Waals surface area contributed by atoms with Gasteiger partial charge < -0.3 is 19.8 Å². The van der Waals surface area contributed by atoms with Gasteiger partial charge in [0.1, 0.15) is 5.82 Å². The fraction of sp³-hybridized carbons (Fsp3) is 0.333. The zero-order valence-electron chi connectivity index (χ0n) is 16.1. The van der Waals surface area contributed by atoms with E-state index in [9.17, 15) is 4.79 Å². The fourth-order valence-corrected chi connectivity index (χ4v) is 3.20. The van der Waals surface area contributed by atoms with Gasteiger partial charge in [-0.3, -0.25) is 4.79 Å². The van der Waals surface area contributed by atoms with Gasteiger partial charge in [0.05, 0.1) is 31.7 Å². The Bertz CT molecular complexity index is 968. The van der Waals surface area contributed by atoms with Crippen molar-refractivity contribution in [2.45, 2.75) is 26.4 Å². The van der Waals surface area contributed by atoms with Crippen LogP contribution >= 0.6 is 0 Å². The van der Waals surface area contributed by atoms with Crippen LogP contribution in [-0.2, 0) is 6.54 Å². The predicted octanol–water partition coefficient (Wildman–Crippen LogP) is 3.43. The van der Waals surface area contributed by atoms with Crippen molar-refractivity contribution < 1.29 is 9.47 Å². The molecule has 0 saturated carbocycles. The van der Waals surface area contributed by atoms with E-state index in [0.29, 0.717) is 40.7 Å². The molecule has 0 aliphatic rings. The standard InChI is InChI=1S/C21H25N3O3/c1-13(2)20(14-8-6-5-7-9-14)22-12-19-23-16-11-18(27-4)17(26-3)10-15(16)21(25)24-19/h5-11,13,20,22H,12H2,1-4H3,(H,23,24,25)/t20-/m0/s1. The average molecular weight is 367 g/mol. The lowest BCUT2D eigenvalue weighted by molar-refractivity contribution is 0.355. The first-order chi connectivity index (χ1) is 13.0. The SMILES string of the molecule is COc1cc2nc(CN[C@H](c3ccccc3)C(C)C)[nH]c(=O)c2cc1OC. The van der Waals surface area contributed by atoms with Crippen LogP contribution in [0.3, 0.4) is 0 Å². The van der Waals surface area contributed by atoms with Crippen LogP contribution in [0, 0.1) is 5.92 Å². The Balaban J connectivity index is 1.89. The second-order valence-corrected chi connectivity index (χ2v) is 6.75. The Labute approximate surface area is 158 Å². The van der Waals surface area contributed by atoms with Crippen LogP contribution in [0.5, 0.6) is 11.5 Å². The van der Waals surface area contributed by atoms with Crippen molar-refractivity contribution in [2.24, 2.45) is 5.92 Å². The normalized spacial score (nSPS) is 12.3.